The number of nitrogens with one attached hydrogen (secondary N) is 2. The van der Waals surface area contributed by atoms with Gasteiger partial charge in [-0.25, -0.2) is 4.79 Å². The molecule has 0 aliphatic carbocycles. The van der Waals surface area contributed by atoms with Crippen LogP contribution < -0.4 is 10.6 Å². The van der Waals surface area contributed by atoms with E-state index in [1.54, 1.807) is 31.3 Å². The summed E-state index contributed by atoms with van der Waals surface area (Å²) in [4.78, 5) is 47.7. The van der Waals surface area contributed by atoms with Gasteiger partial charge in [-0.05, 0) is 36.2 Å². The van der Waals surface area contributed by atoms with Crippen LogP contribution in [0.15, 0.2) is 90.3 Å². The fraction of sp³-hybridized carbons (Fsp3) is 0.267. The average Bonchev–Trinajstić information content (AvgIpc) is 3.31. The van der Waals surface area contributed by atoms with Crippen molar-refractivity contribution < 1.29 is 27.6 Å². The zero-order valence-electron chi connectivity index (χ0n) is 22.2. The molecule has 2 aliphatic rings. The smallest absolute Gasteiger partial charge is 0.349 e. The Morgan fingerprint density at radius 1 is 1.05 bits per heavy atom. The van der Waals surface area contributed by atoms with E-state index in [4.69, 9.17) is 0 Å². The maximum Gasteiger partial charge on any atom is 0.416 e. The third kappa shape index (κ3) is 5.65. The first kappa shape index (κ1) is 27.9. The van der Waals surface area contributed by atoms with Crippen LogP contribution in [0, 0.1) is 0 Å². The van der Waals surface area contributed by atoms with Crippen molar-refractivity contribution in [2.75, 3.05) is 13.1 Å². The molecule has 8 nitrogen and oxygen atoms in total. The van der Waals surface area contributed by atoms with E-state index in [1.807, 2.05) is 30.3 Å². The minimum Gasteiger partial charge on any atom is -0.349 e. The number of nitrogens with zero attached hydrogens (tertiary/aromatic N) is 3. The number of hydrogen-bond donors (Lipinski definition) is 2. The van der Waals surface area contributed by atoms with Crippen molar-refractivity contribution in [3.63, 3.8) is 0 Å². The highest BCUT2D eigenvalue weighted by atomic mass is 19.4. The molecule has 2 atom stereocenters. The Labute approximate surface area is 234 Å². The van der Waals surface area contributed by atoms with Crippen LogP contribution in [-0.4, -0.2) is 51.8 Å². The first-order valence-corrected chi connectivity index (χ1v) is 13.2. The number of carbonyl (C=O) groups excluding carboxylic acids is 3. The lowest BCUT2D eigenvalue weighted by Crippen LogP contribution is -2.49. The monoisotopic (exact) mass is 563 g/mol. The van der Waals surface area contributed by atoms with Gasteiger partial charge in [0.25, 0.3) is 5.91 Å². The second-order valence-corrected chi connectivity index (χ2v) is 9.75. The normalized spacial score (nSPS) is 17.8. The molecular formula is C30H28F3N5O3. The lowest BCUT2D eigenvalue weighted by Gasteiger charge is -2.33. The van der Waals surface area contributed by atoms with Crippen LogP contribution in [0.1, 0.15) is 35.3 Å². The molecule has 1 aromatic heterocycles. The van der Waals surface area contributed by atoms with Gasteiger partial charge >= 0.3 is 12.2 Å². The molecule has 0 saturated heterocycles. The van der Waals surface area contributed by atoms with E-state index in [-0.39, 0.29) is 37.2 Å². The molecule has 0 radical (unpaired) electrons. The molecule has 4 amide bonds. The molecule has 0 saturated carbocycles. The van der Waals surface area contributed by atoms with E-state index in [0.717, 1.165) is 11.6 Å². The maximum atomic E-state index is 14.1. The predicted molar refractivity (Wildman–Crippen MR) is 144 cm³/mol. The summed E-state index contributed by atoms with van der Waals surface area (Å²) < 4.78 is 41.9. The number of carbonyl (C=O) groups is 3. The Morgan fingerprint density at radius 3 is 2.44 bits per heavy atom. The fourth-order valence-electron chi connectivity index (χ4n) is 5.32. The Balaban J connectivity index is 1.52. The summed E-state index contributed by atoms with van der Waals surface area (Å²) in [6.07, 6.45) is -2.93. The fourth-order valence-corrected chi connectivity index (χ4v) is 5.32. The van der Waals surface area contributed by atoms with Crippen LogP contribution in [0.3, 0.4) is 0 Å². The van der Waals surface area contributed by atoms with Crippen molar-refractivity contribution in [1.82, 2.24) is 25.4 Å². The number of halogens is 3. The average molecular weight is 564 g/mol. The van der Waals surface area contributed by atoms with Crippen molar-refractivity contribution in [3.05, 3.63) is 113 Å². The Morgan fingerprint density at radius 2 is 1.76 bits per heavy atom. The molecule has 2 aromatic carbocycles. The van der Waals surface area contributed by atoms with E-state index >= 15 is 0 Å². The summed E-state index contributed by atoms with van der Waals surface area (Å²) in [5, 5.41) is 5.45. The van der Waals surface area contributed by atoms with E-state index in [2.05, 4.69) is 15.6 Å². The van der Waals surface area contributed by atoms with Gasteiger partial charge in [0.15, 0.2) is 0 Å². The van der Waals surface area contributed by atoms with Crippen LogP contribution >= 0.6 is 0 Å². The number of aromatic nitrogens is 1. The molecule has 0 fully saturated rings. The molecule has 3 heterocycles. The molecule has 0 unspecified atom stereocenters. The molecular weight excluding hydrogens is 535 g/mol. The van der Waals surface area contributed by atoms with Crippen LogP contribution in [0.2, 0.25) is 0 Å². The second kappa shape index (κ2) is 11.4. The number of hydrogen-bond acceptors (Lipinski definition) is 4. The Hall–Kier alpha value is -4.67. The molecule has 3 aromatic rings. The van der Waals surface area contributed by atoms with Gasteiger partial charge in [-0.1, -0.05) is 54.6 Å². The van der Waals surface area contributed by atoms with E-state index < -0.39 is 41.7 Å². The van der Waals surface area contributed by atoms with Gasteiger partial charge in [0.05, 0.1) is 41.7 Å². The highest BCUT2D eigenvalue weighted by Gasteiger charge is 2.48. The number of urea groups is 1. The largest absolute Gasteiger partial charge is 0.416 e. The molecule has 0 bridgehead atoms. The highest BCUT2D eigenvalue weighted by molar-refractivity contribution is 6.03. The summed E-state index contributed by atoms with van der Waals surface area (Å²) in [6, 6.07) is 16.4. The van der Waals surface area contributed by atoms with Gasteiger partial charge in [-0.15, -0.1) is 0 Å². The summed E-state index contributed by atoms with van der Waals surface area (Å²) >= 11 is 0. The molecule has 2 aliphatic heterocycles. The summed E-state index contributed by atoms with van der Waals surface area (Å²) in [6.45, 7) is 1.93. The highest BCUT2D eigenvalue weighted by Crippen LogP contribution is 2.42. The zero-order chi connectivity index (χ0) is 29.1. The molecule has 0 spiro atoms. The van der Waals surface area contributed by atoms with Gasteiger partial charge in [0.1, 0.15) is 6.04 Å². The number of rotatable bonds is 8. The molecule has 11 heteroatoms. The van der Waals surface area contributed by atoms with Crippen LogP contribution in [0.25, 0.3) is 0 Å². The van der Waals surface area contributed by atoms with Crippen LogP contribution in [0.5, 0.6) is 0 Å². The van der Waals surface area contributed by atoms with Crippen molar-refractivity contribution >= 4 is 17.8 Å². The SMILES string of the molecule is CCN1C(=O)N[C@@H](c2ccccc2C(F)(F)F)C2=C1CN([C@@H](Cc1ccccc1)C(=O)NCc1ccccn1)C2=O. The van der Waals surface area contributed by atoms with E-state index in [0.29, 0.717) is 11.4 Å². The summed E-state index contributed by atoms with van der Waals surface area (Å²) in [5.74, 6) is -1.04. The molecule has 212 valence electrons. The lowest BCUT2D eigenvalue weighted by molar-refractivity contribution is -0.138. The summed E-state index contributed by atoms with van der Waals surface area (Å²) in [5.41, 5.74) is 0.565. The minimum atomic E-state index is -4.70. The van der Waals surface area contributed by atoms with Crippen molar-refractivity contribution in [2.45, 2.75) is 38.1 Å². The van der Waals surface area contributed by atoms with E-state index in [1.165, 1.54) is 28.0 Å². The molecule has 5 rings (SSSR count). The minimum absolute atomic E-state index is 0.0266. The topological polar surface area (TPSA) is 94.6 Å². The first-order valence-electron chi connectivity index (χ1n) is 13.2. The van der Waals surface area contributed by atoms with Gasteiger partial charge in [0, 0.05) is 19.2 Å². The second-order valence-electron chi connectivity index (χ2n) is 9.75. The number of pyridine rings is 1. The number of amides is 4. The van der Waals surface area contributed by atoms with Crippen molar-refractivity contribution in [1.29, 1.82) is 0 Å². The van der Waals surface area contributed by atoms with Crippen LogP contribution in [0.4, 0.5) is 18.0 Å². The van der Waals surface area contributed by atoms with Gasteiger partial charge in [-0.3, -0.25) is 19.5 Å². The third-order valence-electron chi connectivity index (χ3n) is 7.26. The van der Waals surface area contributed by atoms with Crippen molar-refractivity contribution in [2.24, 2.45) is 0 Å². The van der Waals surface area contributed by atoms with Gasteiger partial charge in [0.2, 0.25) is 5.91 Å². The first-order chi connectivity index (χ1) is 19.7. The Kier molecular flexibility index (Phi) is 7.78. The quantitative estimate of drug-likeness (QED) is 0.430. The lowest BCUT2D eigenvalue weighted by atomic mass is 9.91. The van der Waals surface area contributed by atoms with Gasteiger partial charge < -0.3 is 15.5 Å². The maximum absolute atomic E-state index is 14.1. The molecule has 2 N–H and O–H groups in total. The number of likely N-dealkylation sites (N-methyl/N-ethyl adjacent to an activating group) is 1. The summed E-state index contributed by atoms with van der Waals surface area (Å²) in [7, 11) is 0. The van der Waals surface area contributed by atoms with Crippen molar-refractivity contribution in [3.8, 4) is 0 Å². The third-order valence-corrected chi connectivity index (χ3v) is 7.26. The van der Waals surface area contributed by atoms with E-state index in [9.17, 15) is 27.6 Å². The van der Waals surface area contributed by atoms with Gasteiger partial charge in [-0.2, -0.15) is 13.2 Å². The van der Waals surface area contributed by atoms with Crippen LogP contribution in [-0.2, 0) is 28.7 Å². The molecule has 41 heavy (non-hydrogen) atoms. The predicted octanol–water partition coefficient (Wildman–Crippen LogP) is 4.21. The number of benzene rings is 2. The zero-order valence-corrected chi connectivity index (χ0v) is 22.2. The Bertz CT molecular complexity index is 1480. The number of alkyl halides is 3. The standard InChI is InChI=1S/C30H28F3N5O3/c1-2-37-24-18-38(23(16-19-10-4-3-5-11-19)27(39)35-17-20-12-8-9-15-34-20)28(40)25(24)26(36-29(37)41)21-13-6-7-14-22(21)30(31,32)33/h3-15,23,26H,2,16-18H2,1H3,(H,35,39)(H,36,41)/t23-,26-/m0/s1.